The molecule has 0 aromatic carbocycles. The standard InChI is InChI=1S/C18H24N4O/c19-18(23)10-2-1-7-13-22(14-16-8-3-5-11-20-16)15-17-9-4-6-12-21-17/h3-6,8-9,11-12H,1-2,7,10,13-15H2,(H2,19,23). The predicted molar refractivity (Wildman–Crippen MR) is 90.3 cm³/mol. The highest BCUT2D eigenvalue weighted by Gasteiger charge is 2.08. The van der Waals surface area contributed by atoms with Gasteiger partial charge in [-0.2, -0.15) is 0 Å². The molecule has 2 aromatic rings. The maximum absolute atomic E-state index is 10.8. The molecule has 0 unspecified atom stereocenters. The first-order valence-electron chi connectivity index (χ1n) is 8.04. The Morgan fingerprint density at radius 2 is 1.52 bits per heavy atom. The third-order valence-corrected chi connectivity index (χ3v) is 3.62. The van der Waals surface area contributed by atoms with Crippen LogP contribution in [0.3, 0.4) is 0 Å². The van der Waals surface area contributed by atoms with Gasteiger partial charge < -0.3 is 5.73 Å². The molecule has 2 heterocycles. The maximum Gasteiger partial charge on any atom is 0.217 e. The van der Waals surface area contributed by atoms with Crippen molar-refractivity contribution in [2.24, 2.45) is 5.73 Å². The number of hydrogen-bond acceptors (Lipinski definition) is 4. The molecule has 0 saturated heterocycles. The molecule has 23 heavy (non-hydrogen) atoms. The number of pyridine rings is 2. The molecular weight excluding hydrogens is 288 g/mol. The van der Waals surface area contributed by atoms with Crippen molar-refractivity contribution in [1.82, 2.24) is 14.9 Å². The molecule has 0 aliphatic heterocycles. The van der Waals surface area contributed by atoms with E-state index in [2.05, 4.69) is 14.9 Å². The summed E-state index contributed by atoms with van der Waals surface area (Å²) < 4.78 is 0. The highest BCUT2D eigenvalue weighted by Crippen LogP contribution is 2.09. The summed E-state index contributed by atoms with van der Waals surface area (Å²) in [6.07, 6.45) is 7.01. The number of unbranched alkanes of at least 4 members (excludes halogenated alkanes) is 2. The van der Waals surface area contributed by atoms with Crippen LogP contribution in [0.15, 0.2) is 48.8 Å². The fraction of sp³-hybridized carbons (Fsp3) is 0.389. The van der Waals surface area contributed by atoms with Gasteiger partial charge >= 0.3 is 0 Å². The smallest absolute Gasteiger partial charge is 0.217 e. The van der Waals surface area contributed by atoms with Crippen LogP contribution in [0.25, 0.3) is 0 Å². The van der Waals surface area contributed by atoms with Gasteiger partial charge in [-0.3, -0.25) is 19.7 Å². The molecule has 0 atom stereocenters. The summed E-state index contributed by atoms with van der Waals surface area (Å²) in [5.74, 6) is -0.219. The van der Waals surface area contributed by atoms with E-state index in [1.165, 1.54) is 0 Å². The van der Waals surface area contributed by atoms with Crippen molar-refractivity contribution in [3.8, 4) is 0 Å². The molecule has 0 fully saturated rings. The number of amides is 1. The van der Waals surface area contributed by atoms with Crippen LogP contribution in [0, 0.1) is 0 Å². The van der Waals surface area contributed by atoms with Crippen LogP contribution in [0.5, 0.6) is 0 Å². The zero-order valence-corrected chi connectivity index (χ0v) is 13.4. The van der Waals surface area contributed by atoms with Crippen molar-refractivity contribution in [2.45, 2.75) is 38.8 Å². The second kappa shape index (κ2) is 9.69. The zero-order valence-electron chi connectivity index (χ0n) is 13.4. The molecule has 2 rings (SSSR count). The Kier molecular flexibility index (Phi) is 7.20. The van der Waals surface area contributed by atoms with Crippen LogP contribution >= 0.6 is 0 Å². The lowest BCUT2D eigenvalue weighted by Crippen LogP contribution is -2.25. The molecule has 0 aliphatic carbocycles. The summed E-state index contributed by atoms with van der Waals surface area (Å²) in [6, 6.07) is 12.0. The number of primary amides is 1. The van der Waals surface area contributed by atoms with Gasteiger partial charge in [0.1, 0.15) is 0 Å². The van der Waals surface area contributed by atoms with Gasteiger partial charge in [0.05, 0.1) is 11.4 Å². The van der Waals surface area contributed by atoms with Gasteiger partial charge in [0.25, 0.3) is 0 Å². The van der Waals surface area contributed by atoms with Gasteiger partial charge in [0, 0.05) is 31.9 Å². The average molecular weight is 312 g/mol. The molecule has 0 aliphatic rings. The monoisotopic (exact) mass is 312 g/mol. The van der Waals surface area contributed by atoms with E-state index in [1.807, 2.05) is 48.8 Å². The molecule has 0 saturated carbocycles. The Morgan fingerprint density at radius 3 is 2.00 bits per heavy atom. The van der Waals surface area contributed by atoms with Gasteiger partial charge in [0.2, 0.25) is 5.91 Å². The molecule has 2 N–H and O–H groups in total. The van der Waals surface area contributed by atoms with E-state index >= 15 is 0 Å². The minimum absolute atomic E-state index is 0.219. The van der Waals surface area contributed by atoms with Crippen molar-refractivity contribution in [2.75, 3.05) is 6.54 Å². The molecule has 0 bridgehead atoms. The first kappa shape index (κ1) is 17.1. The Balaban J connectivity index is 1.87. The number of nitrogens with two attached hydrogens (primary N) is 1. The molecule has 2 aromatic heterocycles. The molecule has 0 radical (unpaired) electrons. The van der Waals surface area contributed by atoms with Crippen LogP contribution in [0.4, 0.5) is 0 Å². The molecule has 5 heteroatoms. The van der Waals surface area contributed by atoms with Crippen molar-refractivity contribution < 1.29 is 4.79 Å². The third-order valence-electron chi connectivity index (χ3n) is 3.62. The van der Waals surface area contributed by atoms with Crippen LogP contribution in [-0.2, 0) is 17.9 Å². The van der Waals surface area contributed by atoms with E-state index in [0.29, 0.717) is 6.42 Å². The van der Waals surface area contributed by atoms with Gasteiger partial charge in [-0.1, -0.05) is 18.6 Å². The van der Waals surface area contributed by atoms with Crippen molar-refractivity contribution in [3.05, 3.63) is 60.2 Å². The molecule has 122 valence electrons. The number of rotatable bonds is 10. The van der Waals surface area contributed by atoms with Gasteiger partial charge in [-0.05, 0) is 43.7 Å². The molecule has 0 spiro atoms. The van der Waals surface area contributed by atoms with Crippen LogP contribution in [-0.4, -0.2) is 27.3 Å². The second-order valence-electron chi connectivity index (χ2n) is 5.63. The van der Waals surface area contributed by atoms with Gasteiger partial charge in [-0.15, -0.1) is 0 Å². The van der Waals surface area contributed by atoms with Crippen molar-refractivity contribution in [3.63, 3.8) is 0 Å². The Labute approximate surface area is 137 Å². The molecule has 5 nitrogen and oxygen atoms in total. The summed E-state index contributed by atoms with van der Waals surface area (Å²) in [5, 5.41) is 0. The molecular formula is C18H24N4O. The SMILES string of the molecule is NC(=O)CCCCCN(Cc1ccccn1)Cc1ccccn1. The predicted octanol–water partition coefficient (Wildman–Crippen LogP) is 2.52. The first-order valence-corrected chi connectivity index (χ1v) is 8.04. The normalized spacial score (nSPS) is 10.8. The maximum atomic E-state index is 10.8. The van der Waals surface area contributed by atoms with Gasteiger partial charge in [-0.25, -0.2) is 0 Å². The number of carbonyl (C=O) groups excluding carboxylic acids is 1. The lowest BCUT2D eigenvalue weighted by molar-refractivity contribution is -0.118. The molecule has 1 amide bonds. The second-order valence-corrected chi connectivity index (χ2v) is 5.63. The summed E-state index contributed by atoms with van der Waals surface area (Å²) in [6.45, 7) is 2.55. The van der Waals surface area contributed by atoms with Crippen LogP contribution in [0.1, 0.15) is 37.1 Å². The van der Waals surface area contributed by atoms with E-state index in [-0.39, 0.29) is 5.91 Å². The lowest BCUT2D eigenvalue weighted by Gasteiger charge is -2.21. The van der Waals surface area contributed by atoms with E-state index < -0.39 is 0 Å². The zero-order chi connectivity index (χ0) is 16.3. The highest BCUT2D eigenvalue weighted by atomic mass is 16.1. The first-order chi connectivity index (χ1) is 11.2. The van der Waals surface area contributed by atoms with Crippen LogP contribution < -0.4 is 5.73 Å². The summed E-state index contributed by atoms with van der Waals surface area (Å²) in [4.78, 5) is 21.9. The topological polar surface area (TPSA) is 72.1 Å². The van der Waals surface area contributed by atoms with Crippen molar-refractivity contribution in [1.29, 1.82) is 0 Å². The van der Waals surface area contributed by atoms with Gasteiger partial charge in [0.15, 0.2) is 0 Å². The Morgan fingerprint density at radius 1 is 0.913 bits per heavy atom. The average Bonchev–Trinajstić information content (AvgIpc) is 2.56. The number of nitrogens with zero attached hydrogens (tertiary/aromatic N) is 3. The van der Waals surface area contributed by atoms with E-state index in [9.17, 15) is 4.79 Å². The number of aromatic nitrogens is 2. The lowest BCUT2D eigenvalue weighted by atomic mass is 10.1. The van der Waals surface area contributed by atoms with E-state index in [0.717, 1.165) is 50.3 Å². The summed E-state index contributed by atoms with van der Waals surface area (Å²) >= 11 is 0. The fourth-order valence-corrected chi connectivity index (χ4v) is 2.47. The number of hydrogen-bond donors (Lipinski definition) is 1. The highest BCUT2D eigenvalue weighted by molar-refractivity contribution is 5.73. The fourth-order valence-electron chi connectivity index (χ4n) is 2.47. The minimum atomic E-state index is -0.219. The summed E-state index contributed by atoms with van der Waals surface area (Å²) in [7, 11) is 0. The largest absolute Gasteiger partial charge is 0.370 e. The number of carbonyl (C=O) groups is 1. The van der Waals surface area contributed by atoms with Crippen molar-refractivity contribution >= 4 is 5.91 Å². The summed E-state index contributed by atoms with van der Waals surface area (Å²) in [5.41, 5.74) is 7.29. The third kappa shape index (κ3) is 7.02. The van der Waals surface area contributed by atoms with E-state index in [1.54, 1.807) is 0 Å². The minimum Gasteiger partial charge on any atom is -0.370 e. The Hall–Kier alpha value is -2.27. The Bertz CT molecular complexity index is 533. The van der Waals surface area contributed by atoms with E-state index in [4.69, 9.17) is 5.73 Å². The van der Waals surface area contributed by atoms with Crippen LogP contribution in [0.2, 0.25) is 0 Å². The quantitative estimate of drug-likeness (QED) is 0.684.